The molecule has 7 heteroatoms. The van der Waals surface area contributed by atoms with Crippen LogP contribution in [-0.4, -0.2) is 25.1 Å². The lowest BCUT2D eigenvalue weighted by molar-refractivity contribution is 0.102. The zero-order valence-corrected chi connectivity index (χ0v) is 19.1. The highest BCUT2D eigenvalue weighted by Gasteiger charge is 2.12. The number of anilines is 2. The van der Waals surface area contributed by atoms with Gasteiger partial charge in [0, 0.05) is 29.0 Å². The molecule has 0 aliphatic carbocycles. The lowest BCUT2D eigenvalue weighted by Crippen LogP contribution is -2.37. The predicted molar refractivity (Wildman–Crippen MR) is 130 cm³/mol. The predicted octanol–water partition coefficient (Wildman–Crippen LogP) is 6.05. The molecule has 3 amide bonds. The van der Waals surface area contributed by atoms with E-state index in [4.69, 9.17) is 9.47 Å². The van der Waals surface area contributed by atoms with Gasteiger partial charge < -0.3 is 25.4 Å². The van der Waals surface area contributed by atoms with Gasteiger partial charge in [0.05, 0.1) is 7.11 Å². The van der Waals surface area contributed by atoms with Crippen LogP contribution in [0.1, 0.15) is 37.0 Å². The van der Waals surface area contributed by atoms with Crippen LogP contribution in [0.2, 0.25) is 0 Å². The third-order valence-electron chi connectivity index (χ3n) is 5.12. The molecule has 0 bridgehead atoms. The molecule has 0 saturated heterocycles. The molecular weight excluding hydrogens is 418 g/mol. The van der Waals surface area contributed by atoms with E-state index in [2.05, 4.69) is 16.0 Å². The summed E-state index contributed by atoms with van der Waals surface area (Å²) >= 11 is 0. The van der Waals surface area contributed by atoms with E-state index < -0.39 is 0 Å². The molecule has 3 rings (SSSR count). The van der Waals surface area contributed by atoms with Crippen LogP contribution < -0.4 is 25.4 Å². The van der Waals surface area contributed by atoms with Crippen LogP contribution in [0, 0.1) is 0 Å². The van der Waals surface area contributed by atoms with Gasteiger partial charge in [0.25, 0.3) is 5.91 Å². The van der Waals surface area contributed by atoms with Crippen molar-refractivity contribution in [3.05, 3.63) is 78.4 Å². The van der Waals surface area contributed by atoms with Gasteiger partial charge in [-0.3, -0.25) is 4.79 Å². The Bertz CT molecular complexity index is 1060. The third-order valence-corrected chi connectivity index (χ3v) is 5.12. The van der Waals surface area contributed by atoms with Crippen LogP contribution in [0.5, 0.6) is 17.2 Å². The lowest BCUT2D eigenvalue weighted by atomic mass is 10.2. The number of nitrogens with one attached hydrogen (secondary N) is 3. The molecule has 3 N–H and O–H groups in total. The zero-order valence-electron chi connectivity index (χ0n) is 19.1. The molecule has 33 heavy (non-hydrogen) atoms. The Kier molecular flexibility index (Phi) is 8.30. The number of carbonyl (C=O) groups excluding carboxylic acids is 2. The van der Waals surface area contributed by atoms with Crippen molar-refractivity contribution in [3.8, 4) is 17.2 Å². The minimum Gasteiger partial charge on any atom is -0.493 e. The minimum atomic E-state index is -0.257. The van der Waals surface area contributed by atoms with Crippen LogP contribution in [0.25, 0.3) is 0 Å². The first-order chi connectivity index (χ1) is 16.0. The van der Waals surface area contributed by atoms with E-state index in [1.54, 1.807) is 61.7 Å². The first-order valence-corrected chi connectivity index (χ1v) is 10.9. The Balaban J connectivity index is 1.63. The summed E-state index contributed by atoms with van der Waals surface area (Å²) in [7, 11) is 1.54. The Morgan fingerprint density at radius 2 is 1.48 bits per heavy atom. The normalized spacial score (nSPS) is 10.4. The van der Waals surface area contributed by atoms with Gasteiger partial charge in [0.2, 0.25) is 0 Å². The second kappa shape index (κ2) is 11.6. The fraction of sp³-hybridized carbons (Fsp3) is 0.231. The number of methoxy groups -OCH3 is 1. The number of rotatable bonds is 9. The van der Waals surface area contributed by atoms with Crippen molar-refractivity contribution >= 4 is 23.3 Å². The average Bonchev–Trinajstić information content (AvgIpc) is 2.85. The van der Waals surface area contributed by atoms with E-state index in [1.165, 1.54) is 0 Å². The van der Waals surface area contributed by atoms with Crippen molar-refractivity contribution in [2.45, 2.75) is 32.7 Å². The van der Waals surface area contributed by atoms with Gasteiger partial charge in [-0.1, -0.05) is 32.0 Å². The molecule has 0 heterocycles. The average molecular weight is 448 g/mol. The van der Waals surface area contributed by atoms with E-state index in [-0.39, 0.29) is 18.0 Å². The second-order valence-corrected chi connectivity index (χ2v) is 7.42. The quantitative estimate of drug-likeness (QED) is 0.373. The van der Waals surface area contributed by atoms with Crippen molar-refractivity contribution in [2.75, 3.05) is 17.7 Å². The first-order valence-electron chi connectivity index (χ1n) is 10.9. The standard InChI is InChI=1S/C26H29N3O4/c1-4-19(5-2)28-26(31)29-21-13-16-23(24(17-21)32-3)33-22-14-11-20(12-15-22)27-25(30)18-9-7-6-8-10-18/h6-17,19H,4-5H2,1-3H3,(H,27,30)(H2,28,29,31). The van der Waals surface area contributed by atoms with Gasteiger partial charge in [-0.15, -0.1) is 0 Å². The molecule has 0 unspecified atom stereocenters. The molecule has 0 spiro atoms. The number of urea groups is 1. The van der Waals surface area contributed by atoms with E-state index in [9.17, 15) is 9.59 Å². The van der Waals surface area contributed by atoms with E-state index >= 15 is 0 Å². The number of ether oxygens (including phenoxy) is 2. The summed E-state index contributed by atoms with van der Waals surface area (Å²) in [5.74, 6) is 1.39. The van der Waals surface area contributed by atoms with Crippen LogP contribution in [0.15, 0.2) is 72.8 Å². The molecule has 7 nitrogen and oxygen atoms in total. The molecule has 0 atom stereocenters. The SMILES string of the molecule is CCC(CC)NC(=O)Nc1ccc(Oc2ccc(NC(=O)c3ccccc3)cc2)c(OC)c1. The van der Waals surface area contributed by atoms with E-state index in [0.29, 0.717) is 34.2 Å². The maximum atomic E-state index is 12.3. The summed E-state index contributed by atoms with van der Waals surface area (Å²) in [6, 6.07) is 21.1. The number of benzene rings is 3. The van der Waals surface area contributed by atoms with Gasteiger partial charge in [-0.25, -0.2) is 4.79 Å². The van der Waals surface area contributed by atoms with E-state index in [0.717, 1.165) is 12.8 Å². The molecule has 0 aliphatic heterocycles. The van der Waals surface area contributed by atoms with Crippen molar-refractivity contribution in [3.63, 3.8) is 0 Å². The highest BCUT2D eigenvalue weighted by molar-refractivity contribution is 6.04. The van der Waals surface area contributed by atoms with Gasteiger partial charge in [-0.05, 0) is 61.4 Å². The van der Waals surface area contributed by atoms with Gasteiger partial charge in [0.15, 0.2) is 11.5 Å². The first kappa shape index (κ1) is 23.7. The van der Waals surface area contributed by atoms with Gasteiger partial charge in [-0.2, -0.15) is 0 Å². The number of amides is 3. The largest absolute Gasteiger partial charge is 0.493 e. The maximum absolute atomic E-state index is 12.3. The summed E-state index contributed by atoms with van der Waals surface area (Å²) in [4.78, 5) is 24.5. The zero-order chi connectivity index (χ0) is 23.6. The minimum absolute atomic E-state index is 0.134. The fourth-order valence-corrected chi connectivity index (χ4v) is 3.20. The third kappa shape index (κ3) is 6.74. The molecule has 172 valence electrons. The summed E-state index contributed by atoms with van der Waals surface area (Å²) in [5.41, 5.74) is 1.85. The van der Waals surface area contributed by atoms with E-state index in [1.807, 2.05) is 32.0 Å². The number of hydrogen-bond donors (Lipinski definition) is 3. The second-order valence-electron chi connectivity index (χ2n) is 7.42. The highest BCUT2D eigenvalue weighted by atomic mass is 16.5. The summed E-state index contributed by atoms with van der Waals surface area (Å²) in [6.07, 6.45) is 1.74. The van der Waals surface area contributed by atoms with Crippen molar-refractivity contribution in [1.82, 2.24) is 5.32 Å². The molecule has 0 aromatic heterocycles. The Hall–Kier alpha value is -4.00. The molecular formula is C26H29N3O4. The van der Waals surface area contributed by atoms with Crippen LogP contribution in [0.3, 0.4) is 0 Å². The Morgan fingerprint density at radius 1 is 0.818 bits per heavy atom. The monoisotopic (exact) mass is 447 g/mol. The summed E-state index contributed by atoms with van der Waals surface area (Å²) in [5, 5.41) is 8.61. The van der Waals surface area contributed by atoms with Crippen molar-refractivity contribution in [1.29, 1.82) is 0 Å². The molecule has 0 fully saturated rings. The molecule has 3 aromatic rings. The Morgan fingerprint density at radius 3 is 2.12 bits per heavy atom. The van der Waals surface area contributed by atoms with Crippen LogP contribution in [0.4, 0.5) is 16.2 Å². The fourth-order valence-electron chi connectivity index (χ4n) is 3.20. The smallest absolute Gasteiger partial charge is 0.319 e. The molecule has 0 radical (unpaired) electrons. The van der Waals surface area contributed by atoms with Crippen molar-refractivity contribution in [2.24, 2.45) is 0 Å². The van der Waals surface area contributed by atoms with Gasteiger partial charge in [0.1, 0.15) is 5.75 Å². The topological polar surface area (TPSA) is 88.7 Å². The number of hydrogen-bond acceptors (Lipinski definition) is 4. The van der Waals surface area contributed by atoms with Crippen molar-refractivity contribution < 1.29 is 19.1 Å². The summed E-state index contributed by atoms with van der Waals surface area (Å²) in [6.45, 7) is 4.07. The number of carbonyl (C=O) groups is 2. The van der Waals surface area contributed by atoms with Crippen LogP contribution in [-0.2, 0) is 0 Å². The maximum Gasteiger partial charge on any atom is 0.319 e. The molecule has 3 aromatic carbocycles. The highest BCUT2D eigenvalue weighted by Crippen LogP contribution is 2.34. The Labute approximate surface area is 194 Å². The van der Waals surface area contributed by atoms with Gasteiger partial charge >= 0.3 is 6.03 Å². The van der Waals surface area contributed by atoms with Crippen LogP contribution >= 0.6 is 0 Å². The lowest BCUT2D eigenvalue weighted by Gasteiger charge is -2.16. The molecule has 0 aliphatic rings. The summed E-state index contributed by atoms with van der Waals surface area (Å²) < 4.78 is 11.4. The molecule has 0 saturated carbocycles.